The number of halogens is 4. The van der Waals surface area contributed by atoms with Gasteiger partial charge in [-0.25, -0.2) is 13.2 Å². The zero-order valence-corrected chi connectivity index (χ0v) is 11.7. The predicted molar refractivity (Wildman–Crippen MR) is 74.4 cm³/mol. The van der Waals surface area contributed by atoms with Gasteiger partial charge in [0, 0.05) is 18.7 Å². The molecule has 0 radical (unpaired) electrons. The van der Waals surface area contributed by atoms with E-state index in [2.05, 4.69) is 5.32 Å². The summed E-state index contributed by atoms with van der Waals surface area (Å²) in [6.45, 7) is 0.337. The van der Waals surface area contributed by atoms with Crippen LogP contribution in [0.5, 0.6) is 0 Å². The number of nitrogens with one attached hydrogen (secondary N) is 1. The first kappa shape index (κ1) is 15.8. The molecule has 2 aromatic carbocycles. The Hall–Kier alpha value is -1.56. The highest BCUT2D eigenvalue weighted by Gasteiger charge is 2.13. The molecule has 1 unspecified atom stereocenters. The fourth-order valence-electron chi connectivity index (χ4n) is 1.88. The van der Waals surface area contributed by atoms with Crippen LogP contribution >= 0.6 is 11.6 Å². The van der Waals surface area contributed by atoms with Crippen molar-refractivity contribution in [2.24, 2.45) is 0 Å². The van der Waals surface area contributed by atoms with Crippen molar-refractivity contribution in [1.82, 2.24) is 5.32 Å². The summed E-state index contributed by atoms with van der Waals surface area (Å²) in [7, 11) is 0. The quantitative estimate of drug-likeness (QED) is 0.884. The van der Waals surface area contributed by atoms with Crippen LogP contribution < -0.4 is 5.32 Å². The van der Waals surface area contributed by atoms with Crippen molar-refractivity contribution in [2.75, 3.05) is 6.54 Å². The van der Waals surface area contributed by atoms with Gasteiger partial charge in [-0.1, -0.05) is 17.7 Å². The molecular formula is C15H13ClF3NO. The van der Waals surface area contributed by atoms with Gasteiger partial charge >= 0.3 is 0 Å². The minimum Gasteiger partial charge on any atom is -0.387 e. The largest absolute Gasteiger partial charge is 0.387 e. The lowest BCUT2D eigenvalue weighted by atomic mass is 10.1. The molecule has 0 saturated heterocycles. The topological polar surface area (TPSA) is 32.3 Å². The van der Waals surface area contributed by atoms with Gasteiger partial charge in [-0.15, -0.1) is 0 Å². The maximum atomic E-state index is 13.5. The summed E-state index contributed by atoms with van der Waals surface area (Å²) in [6, 6.07) is 7.15. The molecule has 0 bridgehead atoms. The number of hydrogen-bond acceptors (Lipinski definition) is 2. The molecule has 0 aliphatic carbocycles. The van der Waals surface area contributed by atoms with E-state index in [-0.39, 0.29) is 17.1 Å². The third-order valence-electron chi connectivity index (χ3n) is 2.97. The highest BCUT2D eigenvalue weighted by molar-refractivity contribution is 6.30. The lowest BCUT2D eigenvalue weighted by molar-refractivity contribution is 0.169. The molecule has 1 atom stereocenters. The second-order valence-electron chi connectivity index (χ2n) is 4.56. The Morgan fingerprint density at radius 2 is 1.76 bits per heavy atom. The molecular weight excluding hydrogens is 303 g/mol. The Morgan fingerprint density at radius 3 is 2.48 bits per heavy atom. The van der Waals surface area contributed by atoms with Gasteiger partial charge in [0.15, 0.2) is 0 Å². The molecule has 0 aliphatic rings. The summed E-state index contributed by atoms with van der Waals surface area (Å²) in [5.41, 5.74) is 0.605. The summed E-state index contributed by atoms with van der Waals surface area (Å²) in [6.07, 6.45) is -1.18. The van der Waals surface area contributed by atoms with E-state index < -0.39 is 23.6 Å². The van der Waals surface area contributed by atoms with Crippen molar-refractivity contribution in [1.29, 1.82) is 0 Å². The van der Waals surface area contributed by atoms with Crippen LogP contribution in [-0.2, 0) is 6.54 Å². The lowest BCUT2D eigenvalue weighted by Crippen LogP contribution is -2.21. The van der Waals surface area contributed by atoms with Gasteiger partial charge < -0.3 is 10.4 Å². The van der Waals surface area contributed by atoms with Gasteiger partial charge in [-0.3, -0.25) is 0 Å². The Morgan fingerprint density at radius 1 is 1.05 bits per heavy atom. The summed E-state index contributed by atoms with van der Waals surface area (Å²) in [5, 5.41) is 12.7. The van der Waals surface area contributed by atoms with Crippen molar-refractivity contribution >= 4 is 11.6 Å². The van der Waals surface area contributed by atoms with E-state index in [1.165, 1.54) is 12.1 Å². The molecule has 2 nitrogen and oxygen atoms in total. The van der Waals surface area contributed by atoms with Crippen molar-refractivity contribution in [3.63, 3.8) is 0 Å². The van der Waals surface area contributed by atoms with E-state index in [0.29, 0.717) is 12.1 Å². The number of aliphatic hydroxyl groups excluding tert-OH is 1. The Bertz CT molecular complexity index is 636. The van der Waals surface area contributed by atoms with Crippen LogP contribution in [0, 0.1) is 17.5 Å². The molecule has 2 rings (SSSR count). The minimum absolute atomic E-state index is 0.00558. The zero-order chi connectivity index (χ0) is 15.4. The molecule has 21 heavy (non-hydrogen) atoms. The van der Waals surface area contributed by atoms with Crippen LogP contribution in [0.25, 0.3) is 0 Å². The maximum Gasteiger partial charge on any atom is 0.141 e. The normalized spacial score (nSPS) is 12.4. The molecule has 112 valence electrons. The van der Waals surface area contributed by atoms with Gasteiger partial charge in [0.05, 0.1) is 11.1 Å². The molecule has 2 aromatic rings. The lowest BCUT2D eigenvalue weighted by Gasteiger charge is -2.13. The minimum atomic E-state index is -1.18. The van der Waals surface area contributed by atoms with Crippen LogP contribution in [0.1, 0.15) is 17.2 Å². The third-order valence-corrected chi connectivity index (χ3v) is 3.26. The van der Waals surface area contributed by atoms with Crippen LogP contribution in [0.3, 0.4) is 0 Å². The SMILES string of the molecule is OC(CNCc1ccc(F)c(Cl)c1)c1cc(F)ccc1F. The van der Waals surface area contributed by atoms with Crippen LogP contribution in [0.2, 0.25) is 5.02 Å². The van der Waals surface area contributed by atoms with Crippen LogP contribution in [0.4, 0.5) is 13.2 Å². The summed E-state index contributed by atoms with van der Waals surface area (Å²) in [5.74, 6) is -1.80. The second kappa shape index (κ2) is 6.93. The molecule has 0 aromatic heterocycles. The van der Waals surface area contributed by atoms with Gasteiger partial charge in [-0.2, -0.15) is 0 Å². The standard InChI is InChI=1S/C15H13ClF3NO/c16-12-5-9(1-3-14(12)19)7-20-8-15(21)11-6-10(17)2-4-13(11)18/h1-6,15,20-21H,7-8H2. The van der Waals surface area contributed by atoms with E-state index in [0.717, 1.165) is 18.2 Å². The molecule has 0 amide bonds. The maximum absolute atomic E-state index is 13.5. The van der Waals surface area contributed by atoms with Gasteiger partial charge in [0.2, 0.25) is 0 Å². The van der Waals surface area contributed by atoms with Crippen LogP contribution in [0.15, 0.2) is 36.4 Å². The van der Waals surface area contributed by atoms with E-state index in [9.17, 15) is 18.3 Å². The number of aliphatic hydroxyl groups is 1. The molecule has 0 aliphatic heterocycles. The summed E-state index contributed by atoms with van der Waals surface area (Å²) < 4.78 is 39.5. The Balaban J connectivity index is 1.93. The Kier molecular flexibility index (Phi) is 5.22. The first-order valence-corrected chi connectivity index (χ1v) is 6.63. The molecule has 0 heterocycles. The van der Waals surface area contributed by atoms with Gasteiger partial charge in [0.1, 0.15) is 17.5 Å². The molecule has 0 fully saturated rings. The highest BCUT2D eigenvalue weighted by atomic mass is 35.5. The van der Waals surface area contributed by atoms with E-state index in [1.807, 2.05) is 0 Å². The summed E-state index contributed by atoms with van der Waals surface area (Å²) >= 11 is 5.65. The zero-order valence-electron chi connectivity index (χ0n) is 10.9. The van der Waals surface area contributed by atoms with Crippen molar-refractivity contribution in [3.8, 4) is 0 Å². The smallest absolute Gasteiger partial charge is 0.141 e. The first-order valence-electron chi connectivity index (χ1n) is 6.25. The first-order chi connectivity index (χ1) is 9.97. The van der Waals surface area contributed by atoms with E-state index >= 15 is 0 Å². The molecule has 0 saturated carbocycles. The van der Waals surface area contributed by atoms with E-state index in [1.54, 1.807) is 6.07 Å². The average Bonchev–Trinajstić information content (AvgIpc) is 2.45. The number of hydrogen-bond donors (Lipinski definition) is 2. The molecule has 0 spiro atoms. The Labute approximate surface area is 125 Å². The third kappa shape index (κ3) is 4.20. The van der Waals surface area contributed by atoms with Gasteiger partial charge in [0.25, 0.3) is 0 Å². The summed E-state index contributed by atoms with van der Waals surface area (Å²) in [4.78, 5) is 0. The fraction of sp³-hybridized carbons (Fsp3) is 0.200. The molecule has 6 heteroatoms. The number of benzene rings is 2. The van der Waals surface area contributed by atoms with Crippen molar-refractivity contribution < 1.29 is 18.3 Å². The van der Waals surface area contributed by atoms with E-state index in [4.69, 9.17) is 11.6 Å². The molecule has 2 N–H and O–H groups in total. The van der Waals surface area contributed by atoms with Gasteiger partial charge in [-0.05, 0) is 35.9 Å². The monoisotopic (exact) mass is 315 g/mol. The average molecular weight is 316 g/mol. The second-order valence-corrected chi connectivity index (χ2v) is 4.97. The fourth-order valence-corrected chi connectivity index (χ4v) is 2.09. The highest BCUT2D eigenvalue weighted by Crippen LogP contribution is 2.18. The number of rotatable bonds is 5. The van der Waals surface area contributed by atoms with Crippen molar-refractivity contribution in [2.45, 2.75) is 12.6 Å². The predicted octanol–water partition coefficient (Wildman–Crippen LogP) is 3.58. The van der Waals surface area contributed by atoms with Crippen LogP contribution in [-0.4, -0.2) is 11.7 Å². The van der Waals surface area contributed by atoms with Crippen molar-refractivity contribution in [3.05, 3.63) is 70.0 Å².